The predicted octanol–water partition coefficient (Wildman–Crippen LogP) is 25.8. The number of phosphoric ester groups is 2. The Morgan fingerprint density at radius 1 is 0.269 bits per heavy atom. The van der Waals surface area contributed by atoms with Gasteiger partial charge in [-0.2, -0.15) is 0 Å². The number of aliphatic hydroxyl groups is 1. The lowest BCUT2D eigenvalue weighted by molar-refractivity contribution is -0.161. The molecule has 618 valence electrons. The van der Waals surface area contributed by atoms with Gasteiger partial charge in [-0.15, -0.1) is 0 Å². The third kappa shape index (κ3) is 75.5. The molecular formula is C85H166O17P2. The number of rotatable bonds is 84. The fraction of sp³-hybridized carbons (Fsp3) is 0.953. The first-order chi connectivity index (χ1) is 50.4. The summed E-state index contributed by atoms with van der Waals surface area (Å²) in [6.07, 6.45) is 67.9. The van der Waals surface area contributed by atoms with Crippen LogP contribution in [0.15, 0.2) is 0 Å². The number of ether oxygens (including phenoxy) is 4. The number of esters is 4. The maximum Gasteiger partial charge on any atom is 0.472 e. The predicted molar refractivity (Wildman–Crippen MR) is 428 cm³/mol. The number of hydrogen-bond donors (Lipinski definition) is 3. The van der Waals surface area contributed by atoms with Crippen molar-refractivity contribution in [2.24, 2.45) is 11.8 Å². The molecule has 7 atom stereocenters. The Hall–Kier alpha value is -1.94. The van der Waals surface area contributed by atoms with E-state index in [1.807, 2.05) is 0 Å². The molecule has 0 radical (unpaired) electrons. The van der Waals surface area contributed by atoms with Crippen LogP contribution in [0.25, 0.3) is 0 Å². The standard InChI is InChI=1S/C85H166O17P2/c1-7-11-13-15-17-19-20-21-22-23-24-25-26-34-39-45-51-57-63-69-85(90)102-81(74-96-83(88)68-62-56-50-44-38-33-29-27-31-36-42-47-53-59-65-77(5)9-3)76-100-104(93,94)98-72-79(86)71-97-103(91,92)99-75-80(73-95-82(87)67-61-55-49-41-18-16-14-12-8-2)101-84(89)70-64-58-52-46-40-35-30-28-32-37-43-48-54-60-66-78(6)10-4/h77-81,86H,7-76H2,1-6H3,(H,91,92)(H,93,94)/t77?,78?,79-,80+,81+/m0/s1. The summed E-state index contributed by atoms with van der Waals surface area (Å²) in [7, 11) is -9.92. The van der Waals surface area contributed by atoms with Crippen molar-refractivity contribution in [3.63, 3.8) is 0 Å². The number of carbonyl (C=O) groups excluding carboxylic acids is 4. The molecule has 0 saturated heterocycles. The van der Waals surface area contributed by atoms with E-state index in [0.717, 1.165) is 102 Å². The van der Waals surface area contributed by atoms with Gasteiger partial charge in [0.25, 0.3) is 0 Å². The van der Waals surface area contributed by atoms with E-state index in [1.54, 1.807) is 0 Å². The zero-order valence-electron chi connectivity index (χ0n) is 68.3. The molecule has 0 aliphatic rings. The average Bonchev–Trinajstić information content (AvgIpc) is 0.988. The smallest absolute Gasteiger partial charge is 0.462 e. The van der Waals surface area contributed by atoms with Gasteiger partial charge in [0.2, 0.25) is 0 Å². The summed E-state index contributed by atoms with van der Waals surface area (Å²) in [6, 6.07) is 0. The second kappa shape index (κ2) is 76.4. The minimum Gasteiger partial charge on any atom is -0.462 e. The summed E-state index contributed by atoms with van der Waals surface area (Å²) in [5.41, 5.74) is 0. The van der Waals surface area contributed by atoms with Crippen molar-refractivity contribution >= 4 is 39.5 Å². The van der Waals surface area contributed by atoms with Crippen LogP contribution in [0.4, 0.5) is 0 Å². The van der Waals surface area contributed by atoms with Crippen molar-refractivity contribution in [2.75, 3.05) is 39.6 Å². The van der Waals surface area contributed by atoms with E-state index < -0.39 is 97.5 Å². The Morgan fingerprint density at radius 3 is 0.683 bits per heavy atom. The van der Waals surface area contributed by atoms with Gasteiger partial charge in [-0.3, -0.25) is 37.3 Å². The van der Waals surface area contributed by atoms with Crippen LogP contribution in [0.5, 0.6) is 0 Å². The van der Waals surface area contributed by atoms with Crippen LogP contribution >= 0.6 is 15.6 Å². The Balaban J connectivity index is 5.22. The summed E-state index contributed by atoms with van der Waals surface area (Å²) >= 11 is 0. The molecule has 0 aromatic heterocycles. The monoisotopic (exact) mass is 1520 g/mol. The van der Waals surface area contributed by atoms with E-state index in [4.69, 9.17) is 37.0 Å². The second-order valence-corrected chi connectivity index (χ2v) is 34.0. The highest BCUT2D eigenvalue weighted by Crippen LogP contribution is 2.45. The lowest BCUT2D eigenvalue weighted by atomic mass is 9.99. The largest absolute Gasteiger partial charge is 0.472 e. The minimum absolute atomic E-state index is 0.108. The molecule has 0 saturated carbocycles. The van der Waals surface area contributed by atoms with Crippen LogP contribution in [-0.4, -0.2) is 96.7 Å². The van der Waals surface area contributed by atoms with E-state index in [-0.39, 0.29) is 25.7 Å². The molecule has 0 fully saturated rings. The quantitative estimate of drug-likeness (QED) is 0.0222. The Bertz CT molecular complexity index is 2000. The first-order valence-electron chi connectivity index (χ1n) is 44.1. The fourth-order valence-electron chi connectivity index (χ4n) is 13.2. The van der Waals surface area contributed by atoms with E-state index in [2.05, 4.69) is 41.5 Å². The zero-order valence-corrected chi connectivity index (χ0v) is 70.1. The molecule has 3 N–H and O–H groups in total. The summed E-state index contributed by atoms with van der Waals surface area (Å²) in [4.78, 5) is 73.1. The lowest BCUT2D eigenvalue weighted by Gasteiger charge is -2.21. The fourth-order valence-corrected chi connectivity index (χ4v) is 14.8. The SMILES string of the molecule is CCCCCCCCCCCCCCCCCCCCCC(=O)O[C@H](COC(=O)CCCCCCCCCCCCCCCCC(C)CC)COP(=O)(O)OC[C@@H](O)COP(=O)(O)OC[C@@H](COC(=O)CCCCCCCCCCC)OC(=O)CCCCCCCCCCCCCCCCC(C)CC. The van der Waals surface area contributed by atoms with Gasteiger partial charge in [-0.05, 0) is 37.5 Å². The van der Waals surface area contributed by atoms with Crippen molar-refractivity contribution in [3.8, 4) is 0 Å². The molecule has 0 heterocycles. The van der Waals surface area contributed by atoms with Gasteiger partial charge < -0.3 is 33.8 Å². The molecule has 0 aliphatic carbocycles. The summed E-state index contributed by atoms with van der Waals surface area (Å²) < 4.78 is 68.8. The van der Waals surface area contributed by atoms with Crippen molar-refractivity contribution in [1.29, 1.82) is 0 Å². The minimum atomic E-state index is -4.96. The van der Waals surface area contributed by atoms with E-state index in [9.17, 15) is 43.2 Å². The Labute approximate surface area is 638 Å². The van der Waals surface area contributed by atoms with Crippen molar-refractivity contribution in [1.82, 2.24) is 0 Å². The number of phosphoric acid groups is 2. The molecular weight excluding hydrogens is 1350 g/mol. The van der Waals surface area contributed by atoms with Crippen LogP contribution in [0.1, 0.15) is 452 Å². The van der Waals surface area contributed by atoms with Gasteiger partial charge in [-0.25, -0.2) is 9.13 Å². The van der Waals surface area contributed by atoms with Gasteiger partial charge in [0.1, 0.15) is 19.3 Å². The normalized spacial score (nSPS) is 14.4. The molecule has 104 heavy (non-hydrogen) atoms. The highest BCUT2D eigenvalue weighted by molar-refractivity contribution is 7.47. The Morgan fingerprint density at radius 2 is 0.462 bits per heavy atom. The third-order valence-electron chi connectivity index (χ3n) is 20.7. The number of hydrogen-bond acceptors (Lipinski definition) is 15. The molecule has 0 amide bonds. The average molecular weight is 1520 g/mol. The van der Waals surface area contributed by atoms with Crippen molar-refractivity contribution in [3.05, 3.63) is 0 Å². The lowest BCUT2D eigenvalue weighted by Crippen LogP contribution is -2.30. The van der Waals surface area contributed by atoms with Gasteiger partial charge in [-0.1, -0.05) is 401 Å². The van der Waals surface area contributed by atoms with Gasteiger partial charge in [0.15, 0.2) is 12.2 Å². The number of carbonyl (C=O) groups is 4. The molecule has 0 aromatic carbocycles. The molecule has 0 rings (SSSR count). The molecule has 0 spiro atoms. The highest BCUT2D eigenvalue weighted by atomic mass is 31.2. The second-order valence-electron chi connectivity index (χ2n) is 31.1. The van der Waals surface area contributed by atoms with Crippen LogP contribution in [-0.2, 0) is 65.4 Å². The first-order valence-corrected chi connectivity index (χ1v) is 47.1. The van der Waals surface area contributed by atoms with Crippen molar-refractivity contribution in [2.45, 2.75) is 471 Å². The van der Waals surface area contributed by atoms with E-state index in [0.29, 0.717) is 25.7 Å². The molecule has 0 aliphatic heterocycles. The topological polar surface area (TPSA) is 237 Å². The van der Waals surface area contributed by atoms with Crippen LogP contribution in [0, 0.1) is 11.8 Å². The van der Waals surface area contributed by atoms with Gasteiger partial charge >= 0.3 is 39.5 Å². The van der Waals surface area contributed by atoms with Crippen LogP contribution in [0.2, 0.25) is 0 Å². The van der Waals surface area contributed by atoms with Crippen LogP contribution in [0.3, 0.4) is 0 Å². The first kappa shape index (κ1) is 102. The summed E-state index contributed by atoms with van der Waals surface area (Å²) in [5.74, 6) is -0.407. The third-order valence-corrected chi connectivity index (χ3v) is 22.6. The molecule has 4 unspecified atom stereocenters. The maximum absolute atomic E-state index is 13.1. The number of unbranched alkanes of at least 4 members (excludes halogenated alkanes) is 52. The highest BCUT2D eigenvalue weighted by Gasteiger charge is 2.30. The van der Waals surface area contributed by atoms with Crippen molar-refractivity contribution < 1.29 is 80.2 Å². The summed E-state index contributed by atoms with van der Waals surface area (Å²) in [6.45, 7) is 9.76. The molecule has 17 nitrogen and oxygen atoms in total. The summed E-state index contributed by atoms with van der Waals surface area (Å²) in [5, 5.41) is 10.7. The van der Waals surface area contributed by atoms with E-state index in [1.165, 1.54) is 270 Å². The molecule has 19 heteroatoms. The van der Waals surface area contributed by atoms with Gasteiger partial charge in [0, 0.05) is 25.7 Å². The molecule has 0 aromatic rings. The van der Waals surface area contributed by atoms with Gasteiger partial charge in [0.05, 0.1) is 26.4 Å². The number of aliphatic hydroxyl groups excluding tert-OH is 1. The zero-order chi connectivity index (χ0) is 76.4. The Kier molecular flexibility index (Phi) is 75.0. The van der Waals surface area contributed by atoms with Crippen LogP contribution < -0.4 is 0 Å². The van der Waals surface area contributed by atoms with E-state index >= 15 is 0 Å². The maximum atomic E-state index is 13.1. The molecule has 0 bridgehead atoms.